The Labute approximate surface area is 103 Å². The minimum atomic E-state index is 0.615. The van der Waals surface area contributed by atoms with E-state index in [2.05, 4.69) is 36.3 Å². The number of rotatable bonds is 8. The van der Waals surface area contributed by atoms with Gasteiger partial charge in [-0.3, -0.25) is 4.98 Å². The fraction of sp³-hybridized carbons (Fsp3) is 0.615. The molecule has 0 fully saturated rings. The van der Waals surface area contributed by atoms with Crippen LogP contribution in [-0.2, 0) is 0 Å². The van der Waals surface area contributed by atoms with Crippen molar-refractivity contribution in [2.45, 2.75) is 43.3 Å². The fourth-order valence-electron chi connectivity index (χ4n) is 1.50. The number of nitrogens with zero attached hydrogens (tertiary/aromatic N) is 1. The zero-order chi connectivity index (χ0) is 11.6. The lowest BCUT2D eigenvalue weighted by Gasteiger charge is -2.12. The van der Waals surface area contributed by atoms with Crippen LogP contribution in [0.1, 0.15) is 33.1 Å². The molecule has 0 saturated carbocycles. The van der Waals surface area contributed by atoms with Crippen molar-refractivity contribution in [2.24, 2.45) is 0 Å². The minimum Gasteiger partial charge on any atom is -0.316 e. The Morgan fingerprint density at radius 3 is 2.75 bits per heavy atom. The molecule has 0 aliphatic heterocycles. The third-order valence-corrected chi connectivity index (χ3v) is 3.49. The molecule has 0 saturated heterocycles. The second-order valence-corrected chi connectivity index (χ2v) is 5.53. The lowest BCUT2D eigenvalue weighted by molar-refractivity contribution is 0.616. The molecule has 0 radical (unpaired) electrons. The molecule has 0 spiro atoms. The van der Waals surface area contributed by atoms with E-state index in [1.807, 2.05) is 24.2 Å². The van der Waals surface area contributed by atoms with Crippen LogP contribution in [0.4, 0.5) is 0 Å². The Morgan fingerprint density at radius 2 is 2.06 bits per heavy atom. The van der Waals surface area contributed by atoms with E-state index in [1.54, 1.807) is 0 Å². The average Bonchev–Trinajstić information content (AvgIpc) is 2.30. The molecule has 90 valence electrons. The van der Waals surface area contributed by atoms with Gasteiger partial charge in [-0.05, 0) is 25.1 Å². The Balaban J connectivity index is 2.09. The molecule has 0 bridgehead atoms. The molecule has 1 aromatic heterocycles. The molecule has 3 heteroatoms. The molecule has 1 atom stereocenters. The lowest BCUT2D eigenvalue weighted by Crippen LogP contribution is -2.23. The van der Waals surface area contributed by atoms with Gasteiger partial charge in [0, 0.05) is 29.1 Å². The molecule has 1 N–H and O–H groups in total. The van der Waals surface area contributed by atoms with Gasteiger partial charge < -0.3 is 5.32 Å². The monoisotopic (exact) mass is 238 g/mol. The van der Waals surface area contributed by atoms with Crippen molar-refractivity contribution in [3.8, 4) is 0 Å². The van der Waals surface area contributed by atoms with Gasteiger partial charge in [0.15, 0.2) is 0 Å². The van der Waals surface area contributed by atoms with Crippen molar-refractivity contribution in [1.82, 2.24) is 10.3 Å². The molecule has 2 nitrogen and oxygen atoms in total. The van der Waals surface area contributed by atoms with E-state index in [1.165, 1.54) is 24.2 Å². The predicted molar refractivity (Wildman–Crippen MR) is 72.0 cm³/mol. The third-order valence-electron chi connectivity index (χ3n) is 2.38. The predicted octanol–water partition coefficient (Wildman–Crippen LogP) is 3.34. The average molecular weight is 238 g/mol. The van der Waals surface area contributed by atoms with Gasteiger partial charge in [0.25, 0.3) is 0 Å². The highest BCUT2D eigenvalue weighted by atomic mass is 32.2. The third kappa shape index (κ3) is 6.13. The molecule has 1 aromatic rings. The Hall–Kier alpha value is -0.540. The van der Waals surface area contributed by atoms with Gasteiger partial charge in [-0.25, -0.2) is 0 Å². The zero-order valence-corrected chi connectivity index (χ0v) is 11.1. The number of thioether (sulfide) groups is 1. The summed E-state index contributed by atoms with van der Waals surface area (Å²) in [5.41, 5.74) is 0. The zero-order valence-electron chi connectivity index (χ0n) is 10.3. The Kier molecular flexibility index (Phi) is 7.26. The molecule has 0 aliphatic rings. The molecule has 1 rings (SSSR count). The maximum atomic E-state index is 4.02. The number of nitrogens with one attached hydrogen (secondary N) is 1. The summed E-state index contributed by atoms with van der Waals surface area (Å²) in [5.74, 6) is 0. The first-order valence-corrected chi connectivity index (χ1v) is 6.98. The van der Waals surface area contributed by atoms with Crippen LogP contribution in [0.5, 0.6) is 0 Å². The van der Waals surface area contributed by atoms with Crippen molar-refractivity contribution in [3.05, 3.63) is 24.5 Å². The number of hydrogen-bond acceptors (Lipinski definition) is 3. The molecular weight excluding hydrogens is 216 g/mol. The molecule has 0 aliphatic carbocycles. The fourth-order valence-corrected chi connectivity index (χ4v) is 2.44. The SMILES string of the molecule is CCCCCNCC(C)Sc1ccncc1. The number of pyridine rings is 1. The van der Waals surface area contributed by atoms with Crippen LogP contribution in [0.2, 0.25) is 0 Å². The smallest absolute Gasteiger partial charge is 0.0278 e. The van der Waals surface area contributed by atoms with Crippen LogP contribution in [-0.4, -0.2) is 23.3 Å². The normalized spacial score (nSPS) is 12.6. The Morgan fingerprint density at radius 1 is 1.31 bits per heavy atom. The van der Waals surface area contributed by atoms with Crippen LogP contribution in [0.3, 0.4) is 0 Å². The first-order chi connectivity index (χ1) is 7.83. The summed E-state index contributed by atoms with van der Waals surface area (Å²) < 4.78 is 0. The highest BCUT2D eigenvalue weighted by molar-refractivity contribution is 8.00. The second-order valence-electron chi connectivity index (χ2n) is 4.02. The van der Waals surface area contributed by atoms with Crippen LogP contribution < -0.4 is 5.32 Å². The van der Waals surface area contributed by atoms with Gasteiger partial charge in [-0.2, -0.15) is 0 Å². The van der Waals surface area contributed by atoms with Crippen LogP contribution in [0, 0.1) is 0 Å². The summed E-state index contributed by atoms with van der Waals surface area (Å²) in [4.78, 5) is 5.32. The standard InChI is InChI=1S/C13H22N2S/c1-3-4-5-8-15-11-12(2)16-13-6-9-14-10-7-13/h6-7,9-10,12,15H,3-5,8,11H2,1-2H3. The lowest BCUT2D eigenvalue weighted by atomic mass is 10.2. The van der Waals surface area contributed by atoms with Gasteiger partial charge >= 0.3 is 0 Å². The van der Waals surface area contributed by atoms with E-state index in [4.69, 9.17) is 0 Å². The molecular formula is C13H22N2S. The number of aromatic nitrogens is 1. The van der Waals surface area contributed by atoms with Crippen molar-refractivity contribution >= 4 is 11.8 Å². The van der Waals surface area contributed by atoms with Gasteiger partial charge in [0.1, 0.15) is 0 Å². The van der Waals surface area contributed by atoms with E-state index in [9.17, 15) is 0 Å². The van der Waals surface area contributed by atoms with Crippen LogP contribution >= 0.6 is 11.8 Å². The highest BCUT2D eigenvalue weighted by Gasteiger charge is 2.03. The summed E-state index contributed by atoms with van der Waals surface area (Å²) in [6.07, 6.45) is 7.62. The first kappa shape index (κ1) is 13.5. The van der Waals surface area contributed by atoms with Crippen LogP contribution in [0.25, 0.3) is 0 Å². The van der Waals surface area contributed by atoms with E-state index < -0.39 is 0 Å². The van der Waals surface area contributed by atoms with Gasteiger partial charge in [0.05, 0.1) is 0 Å². The van der Waals surface area contributed by atoms with Gasteiger partial charge in [-0.1, -0.05) is 26.7 Å². The molecule has 0 aromatic carbocycles. The maximum Gasteiger partial charge on any atom is 0.0278 e. The van der Waals surface area contributed by atoms with Crippen molar-refractivity contribution in [1.29, 1.82) is 0 Å². The van der Waals surface area contributed by atoms with Gasteiger partial charge in [-0.15, -0.1) is 11.8 Å². The summed E-state index contributed by atoms with van der Waals surface area (Å²) in [7, 11) is 0. The quantitative estimate of drug-likeness (QED) is 0.555. The maximum absolute atomic E-state index is 4.02. The highest BCUT2D eigenvalue weighted by Crippen LogP contribution is 2.21. The molecule has 1 heterocycles. The number of hydrogen-bond donors (Lipinski definition) is 1. The summed E-state index contributed by atoms with van der Waals surface area (Å²) in [6.45, 7) is 6.73. The Bertz CT molecular complexity index is 264. The molecule has 16 heavy (non-hydrogen) atoms. The van der Waals surface area contributed by atoms with Crippen molar-refractivity contribution < 1.29 is 0 Å². The second kappa shape index (κ2) is 8.59. The largest absolute Gasteiger partial charge is 0.316 e. The van der Waals surface area contributed by atoms with E-state index in [-0.39, 0.29) is 0 Å². The van der Waals surface area contributed by atoms with Crippen molar-refractivity contribution in [2.75, 3.05) is 13.1 Å². The summed E-state index contributed by atoms with van der Waals surface area (Å²) >= 11 is 1.90. The number of unbranched alkanes of at least 4 members (excludes halogenated alkanes) is 2. The van der Waals surface area contributed by atoms with E-state index in [0.29, 0.717) is 5.25 Å². The van der Waals surface area contributed by atoms with E-state index >= 15 is 0 Å². The van der Waals surface area contributed by atoms with Crippen molar-refractivity contribution in [3.63, 3.8) is 0 Å². The van der Waals surface area contributed by atoms with E-state index in [0.717, 1.165) is 13.1 Å². The topological polar surface area (TPSA) is 24.9 Å². The summed E-state index contributed by atoms with van der Waals surface area (Å²) in [6, 6.07) is 4.14. The molecule has 1 unspecified atom stereocenters. The van der Waals surface area contributed by atoms with Crippen LogP contribution in [0.15, 0.2) is 29.4 Å². The summed E-state index contributed by atoms with van der Waals surface area (Å²) in [5, 5.41) is 4.12. The minimum absolute atomic E-state index is 0.615. The van der Waals surface area contributed by atoms with Gasteiger partial charge in [0.2, 0.25) is 0 Å². The molecule has 0 amide bonds. The first-order valence-electron chi connectivity index (χ1n) is 6.10.